The molecule has 1 aliphatic carbocycles. The average Bonchev–Trinajstić information content (AvgIpc) is 2.35. The molecule has 1 atom stereocenters. The van der Waals surface area contributed by atoms with Crippen LogP contribution in [0.5, 0.6) is 11.5 Å². The third-order valence-corrected chi connectivity index (χ3v) is 3.85. The molecule has 18 heavy (non-hydrogen) atoms. The van der Waals surface area contributed by atoms with E-state index in [1.807, 2.05) is 6.07 Å². The Morgan fingerprint density at radius 1 is 1.22 bits per heavy atom. The smallest absolute Gasteiger partial charge is 0.161 e. The minimum absolute atomic E-state index is 0.352. The molecule has 1 aliphatic rings. The van der Waals surface area contributed by atoms with E-state index in [0.717, 1.165) is 24.0 Å². The van der Waals surface area contributed by atoms with Crippen LogP contribution in [0.25, 0.3) is 0 Å². The molecule has 1 aromatic rings. The zero-order valence-corrected chi connectivity index (χ0v) is 11.5. The van der Waals surface area contributed by atoms with Crippen LogP contribution in [0.3, 0.4) is 0 Å². The van der Waals surface area contributed by atoms with E-state index in [1.165, 1.54) is 24.8 Å². The first-order valence-electron chi connectivity index (χ1n) is 6.70. The minimum Gasteiger partial charge on any atom is -0.493 e. The Morgan fingerprint density at radius 3 is 2.50 bits per heavy atom. The van der Waals surface area contributed by atoms with Gasteiger partial charge in [-0.05, 0) is 49.9 Å². The summed E-state index contributed by atoms with van der Waals surface area (Å²) in [5.41, 5.74) is 1.24. The summed E-state index contributed by atoms with van der Waals surface area (Å²) in [6.07, 6.45) is 4.16. The van der Waals surface area contributed by atoms with Gasteiger partial charge in [-0.2, -0.15) is 0 Å². The molecule has 0 heterocycles. The number of hydrogen-bond acceptors (Lipinski definition) is 3. The molecule has 0 amide bonds. The Labute approximate surface area is 109 Å². The van der Waals surface area contributed by atoms with Gasteiger partial charge in [0.05, 0.1) is 14.2 Å². The summed E-state index contributed by atoms with van der Waals surface area (Å²) in [5, 5.41) is 3.59. The SMILES string of the molecule is COc1ccc(C(C)NCC2CCC2)cc1OC. The van der Waals surface area contributed by atoms with Crippen LogP contribution in [-0.2, 0) is 0 Å². The van der Waals surface area contributed by atoms with Gasteiger partial charge >= 0.3 is 0 Å². The van der Waals surface area contributed by atoms with Crippen LogP contribution in [0.15, 0.2) is 18.2 Å². The second kappa shape index (κ2) is 6.10. The molecule has 0 aromatic heterocycles. The number of benzene rings is 1. The number of rotatable bonds is 6. The lowest BCUT2D eigenvalue weighted by Gasteiger charge is -2.27. The lowest BCUT2D eigenvalue weighted by Crippen LogP contribution is -2.29. The van der Waals surface area contributed by atoms with E-state index in [0.29, 0.717) is 6.04 Å². The lowest BCUT2D eigenvalue weighted by molar-refractivity contribution is 0.292. The van der Waals surface area contributed by atoms with Crippen LogP contribution in [0.1, 0.15) is 37.8 Å². The first-order chi connectivity index (χ1) is 8.74. The van der Waals surface area contributed by atoms with Gasteiger partial charge in [-0.15, -0.1) is 0 Å². The number of methoxy groups -OCH3 is 2. The number of hydrogen-bond donors (Lipinski definition) is 1. The highest BCUT2D eigenvalue weighted by Gasteiger charge is 2.18. The van der Waals surface area contributed by atoms with Gasteiger partial charge in [0.1, 0.15) is 0 Å². The molecule has 3 heteroatoms. The minimum atomic E-state index is 0.352. The van der Waals surface area contributed by atoms with E-state index in [2.05, 4.69) is 24.4 Å². The second-order valence-corrected chi connectivity index (χ2v) is 5.04. The molecule has 0 bridgehead atoms. The molecule has 0 spiro atoms. The lowest BCUT2D eigenvalue weighted by atomic mass is 9.85. The molecule has 1 unspecified atom stereocenters. The fourth-order valence-electron chi connectivity index (χ4n) is 2.28. The second-order valence-electron chi connectivity index (χ2n) is 5.04. The molecule has 3 nitrogen and oxygen atoms in total. The van der Waals surface area contributed by atoms with Gasteiger partial charge in [0.25, 0.3) is 0 Å². The molecule has 0 saturated heterocycles. The zero-order chi connectivity index (χ0) is 13.0. The highest BCUT2D eigenvalue weighted by molar-refractivity contribution is 5.43. The van der Waals surface area contributed by atoms with E-state index in [4.69, 9.17) is 9.47 Å². The quantitative estimate of drug-likeness (QED) is 0.840. The monoisotopic (exact) mass is 249 g/mol. The van der Waals surface area contributed by atoms with Gasteiger partial charge in [0.2, 0.25) is 0 Å². The van der Waals surface area contributed by atoms with Gasteiger partial charge in [-0.3, -0.25) is 0 Å². The van der Waals surface area contributed by atoms with E-state index in [1.54, 1.807) is 14.2 Å². The van der Waals surface area contributed by atoms with E-state index in [9.17, 15) is 0 Å². The fraction of sp³-hybridized carbons (Fsp3) is 0.600. The van der Waals surface area contributed by atoms with E-state index < -0.39 is 0 Å². The van der Waals surface area contributed by atoms with Crippen molar-refractivity contribution < 1.29 is 9.47 Å². The Morgan fingerprint density at radius 2 is 1.94 bits per heavy atom. The highest BCUT2D eigenvalue weighted by Crippen LogP contribution is 2.30. The maximum Gasteiger partial charge on any atom is 0.161 e. The average molecular weight is 249 g/mol. The molecule has 1 saturated carbocycles. The Hall–Kier alpha value is -1.22. The summed E-state index contributed by atoms with van der Waals surface area (Å²) in [7, 11) is 3.34. The number of nitrogens with one attached hydrogen (secondary N) is 1. The molecule has 1 aromatic carbocycles. The van der Waals surface area contributed by atoms with Crippen molar-refractivity contribution in [1.82, 2.24) is 5.32 Å². The predicted molar refractivity (Wildman–Crippen MR) is 73.3 cm³/mol. The Balaban J connectivity index is 1.97. The van der Waals surface area contributed by atoms with E-state index >= 15 is 0 Å². The maximum atomic E-state index is 5.33. The summed E-state index contributed by atoms with van der Waals surface area (Å²) < 4.78 is 10.6. The molecule has 1 fully saturated rings. The largest absolute Gasteiger partial charge is 0.493 e. The van der Waals surface area contributed by atoms with Crippen molar-refractivity contribution in [3.63, 3.8) is 0 Å². The normalized spacial score (nSPS) is 17.1. The summed E-state index contributed by atoms with van der Waals surface area (Å²) in [5.74, 6) is 2.47. The fourth-order valence-corrected chi connectivity index (χ4v) is 2.28. The third kappa shape index (κ3) is 2.96. The summed E-state index contributed by atoms with van der Waals surface area (Å²) >= 11 is 0. The van der Waals surface area contributed by atoms with Crippen LogP contribution < -0.4 is 14.8 Å². The zero-order valence-electron chi connectivity index (χ0n) is 11.5. The predicted octanol–water partition coefficient (Wildman–Crippen LogP) is 3.15. The summed E-state index contributed by atoms with van der Waals surface area (Å²) in [6, 6.07) is 6.47. The third-order valence-electron chi connectivity index (χ3n) is 3.85. The van der Waals surface area contributed by atoms with Crippen molar-refractivity contribution in [2.45, 2.75) is 32.2 Å². The van der Waals surface area contributed by atoms with Crippen molar-refractivity contribution in [3.05, 3.63) is 23.8 Å². The first-order valence-corrected chi connectivity index (χ1v) is 6.70. The van der Waals surface area contributed by atoms with Crippen LogP contribution >= 0.6 is 0 Å². The van der Waals surface area contributed by atoms with Crippen molar-refractivity contribution in [3.8, 4) is 11.5 Å². The highest BCUT2D eigenvalue weighted by atomic mass is 16.5. The molecule has 1 N–H and O–H groups in total. The first kappa shape index (κ1) is 13.2. The van der Waals surface area contributed by atoms with Gasteiger partial charge in [0.15, 0.2) is 11.5 Å². The molecule has 2 rings (SSSR count). The van der Waals surface area contributed by atoms with Crippen molar-refractivity contribution in [1.29, 1.82) is 0 Å². The summed E-state index contributed by atoms with van der Waals surface area (Å²) in [4.78, 5) is 0. The molecular weight excluding hydrogens is 226 g/mol. The van der Waals surface area contributed by atoms with Gasteiger partial charge in [-0.1, -0.05) is 12.5 Å². The van der Waals surface area contributed by atoms with Crippen LogP contribution in [0, 0.1) is 5.92 Å². The van der Waals surface area contributed by atoms with Gasteiger partial charge < -0.3 is 14.8 Å². The Kier molecular flexibility index (Phi) is 4.48. The van der Waals surface area contributed by atoms with Crippen molar-refractivity contribution in [2.75, 3.05) is 20.8 Å². The van der Waals surface area contributed by atoms with Crippen LogP contribution in [0.4, 0.5) is 0 Å². The topological polar surface area (TPSA) is 30.5 Å². The maximum absolute atomic E-state index is 5.33. The van der Waals surface area contributed by atoms with Gasteiger partial charge in [0, 0.05) is 6.04 Å². The van der Waals surface area contributed by atoms with Crippen molar-refractivity contribution >= 4 is 0 Å². The Bertz CT molecular complexity index is 388. The summed E-state index contributed by atoms with van der Waals surface area (Å²) in [6.45, 7) is 3.31. The van der Waals surface area contributed by atoms with Gasteiger partial charge in [-0.25, -0.2) is 0 Å². The van der Waals surface area contributed by atoms with Crippen molar-refractivity contribution in [2.24, 2.45) is 5.92 Å². The van der Waals surface area contributed by atoms with Crippen LogP contribution in [0.2, 0.25) is 0 Å². The molecule has 100 valence electrons. The molecule has 0 aliphatic heterocycles. The van der Waals surface area contributed by atoms with E-state index in [-0.39, 0.29) is 0 Å². The standard InChI is InChI=1S/C15H23NO2/c1-11(16-10-12-5-4-6-12)13-7-8-14(17-2)15(9-13)18-3/h7-9,11-12,16H,4-6,10H2,1-3H3. The molecular formula is C15H23NO2. The van der Waals surface area contributed by atoms with Crippen LogP contribution in [-0.4, -0.2) is 20.8 Å². The molecule has 0 radical (unpaired) electrons. The number of ether oxygens (including phenoxy) is 2.